The van der Waals surface area contributed by atoms with Crippen molar-refractivity contribution in [3.05, 3.63) is 58.5 Å². The van der Waals surface area contributed by atoms with Gasteiger partial charge in [-0.2, -0.15) is 0 Å². The van der Waals surface area contributed by atoms with Gasteiger partial charge in [-0.15, -0.1) is 0 Å². The monoisotopic (exact) mass is 320 g/mol. The summed E-state index contributed by atoms with van der Waals surface area (Å²) in [5.41, 5.74) is 5.42. The lowest BCUT2D eigenvalue weighted by Crippen LogP contribution is -2.00. The van der Waals surface area contributed by atoms with Crippen LogP contribution in [0.4, 0.5) is 0 Å². The minimum Gasteiger partial charge on any atom is -0.469 e. The number of hydrogen-bond acceptors (Lipinski definition) is 1. The predicted molar refractivity (Wildman–Crippen MR) is 84.1 cm³/mol. The van der Waals surface area contributed by atoms with Crippen LogP contribution < -0.4 is 0 Å². The molecule has 0 saturated heterocycles. The summed E-state index contributed by atoms with van der Waals surface area (Å²) in [6.07, 6.45) is 4.85. The van der Waals surface area contributed by atoms with Crippen molar-refractivity contribution in [1.29, 1.82) is 0 Å². The molecular formula is C17H21BrO. The normalized spacial score (nSPS) is 12.6. The standard InChI is InChI=1S/C17H21BrO/c1-4-12-7-8-13(5-2)15(11-12)17(18)14-9-10-19-16(14)6-3/h7-11,17H,4-6H2,1-3H3. The number of hydrogen-bond donors (Lipinski definition) is 0. The molecule has 0 radical (unpaired) electrons. The van der Waals surface area contributed by atoms with Gasteiger partial charge in [0, 0.05) is 12.0 Å². The van der Waals surface area contributed by atoms with E-state index in [1.807, 2.05) is 0 Å². The Kier molecular flexibility index (Phi) is 4.87. The van der Waals surface area contributed by atoms with E-state index in [2.05, 4.69) is 61.0 Å². The van der Waals surface area contributed by atoms with Gasteiger partial charge in [0.2, 0.25) is 0 Å². The summed E-state index contributed by atoms with van der Waals surface area (Å²) < 4.78 is 5.56. The SMILES string of the molecule is CCc1ccc(CC)c(C(Br)c2ccoc2CC)c1. The van der Waals surface area contributed by atoms with Crippen molar-refractivity contribution in [3.8, 4) is 0 Å². The summed E-state index contributed by atoms with van der Waals surface area (Å²) in [6.45, 7) is 6.54. The van der Waals surface area contributed by atoms with Crippen LogP contribution in [0.1, 0.15) is 53.6 Å². The predicted octanol–water partition coefficient (Wildman–Crippen LogP) is 5.45. The van der Waals surface area contributed by atoms with Crippen LogP contribution in [0.3, 0.4) is 0 Å². The van der Waals surface area contributed by atoms with Crippen LogP contribution in [-0.2, 0) is 19.3 Å². The molecule has 1 aromatic carbocycles. The van der Waals surface area contributed by atoms with E-state index in [1.165, 1.54) is 22.3 Å². The molecule has 1 nitrogen and oxygen atoms in total. The molecule has 0 aliphatic rings. The largest absolute Gasteiger partial charge is 0.469 e. The first-order chi connectivity index (χ1) is 9.21. The molecule has 1 heterocycles. The van der Waals surface area contributed by atoms with Crippen molar-refractivity contribution in [3.63, 3.8) is 0 Å². The average molecular weight is 321 g/mol. The number of alkyl halides is 1. The van der Waals surface area contributed by atoms with Crippen molar-refractivity contribution < 1.29 is 4.42 Å². The Labute approximate surface area is 124 Å². The van der Waals surface area contributed by atoms with Crippen molar-refractivity contribution in [2.45, 2.75) is 44.9 Å². The van der Waals surface area contributed by atoms with E-state index in [-0.39, 0.29) is 4.83 Å². The Balaban J connectivity index is 2.45. The molecule has 1 atom stereocenters. The van der Waals surface area contributed by atoms with Gasteiger partial charge in [0.1, 0.15) is 5.76 Å². The number of halogens is 1. The van der Waals surface area contributed by atoms with Crippen molar-refractivity contribution in [2.75, 3.05) is 0 Å². The second-order valence-corrected chi connectivity index (χ2v) is 5.67. The van der Waals surface area contributed by atoms with E-state index in [1.54, 1.807) is 6.26 Å². The van der Waals surface area contributed by atoms with Crippen molar-refractivity contribution >= 4 is 15.9 Å². The van der Waals surface area contributed by atoms with Gasteiger partial charge in [0.05, 0.1) is 11.1 Å². The molecule has 0 N–H and O–H groups in total. The molecule has 102 valence electrons. The third-order valence-electron chi connectivity index (χ3n) is 3.65. The first-order valence-electron chi connectivity index (χ1n) is 7.03. The molecule has 0 amide bonds. The van der Waals surface area contributed by atoms with Gasteiger partial charge in [0.25, 0.3) is 0 Å². The maximum Gasteiger partial charge on any atom is 0.108 e. The molecule has 0 aliphatic carbocycles. The Bertz CT molecular complexity index is 542. The molecule has 2 rings (SSSR count). The quantitative estimate of drug-likeness (QED) is 0.667. The van der Waals surface area contributed by atoms with E-state index in [0.717, 1.165) is 25.0 Å². The Morgan fingerprint density at radius 3 is 2.42 bits per heavy atom. The van der Waals surface area contributed by atoms with E-state index >= 15 is 0 Å². The molecule has 0 aliphatic heterocycles. The third-order valence-corrected chi connectivity index (χ3v) is 4.63. The highest BCUT2D eigenvalue weighted by Crippen LogP contribution is 2.36. The van der Waals surface area contributed by atoms with Gasteiger partial charge < -0.3 is 4.42 Å². The van der Waals surface area contributed by atoms with Gasteiger partial charge in [-0.1, -0.05) is 54.9 Å². The highest BCUT2D eigenvalue weighted by Gasteiger charge is 2.18. The van der Waals surface area contributed by atoms with Crippen LogP contribution in [0.15, 0.2) is 34.9 Å². The lowest BCUT2D eigenvalue weighted by Gasteiger charge is -2.16. The zero-order valence-corrected chi connectivity index (χ0v) is 13.5. The number of aryl methyl sites for hydroxylation is 3. The number of rotatable bonds is 5. The Morgan fingerprint density at radius 2 is 1.79 bits per heavy atom. The van der Waals surface area contributed by atoms with E-state index < -0.39 is 0 Å². The van der Waals surface area contributed by atoms with Gasteiger partial charge in [0.15, 0.2) is 0 Å². The second kappa shape index (κ2) is 6.42. The zero-order valence-electron chi connectivity index (χ0n) is 11.9. The molecule has 0 bridgehead atoms. The van der Waals surface area contributed by atoms with Gasteiger partial charge >= 0.3 is 0 Å². The smallest absolute Gasteiger partial charge is 0.108 e. The summed E-state index contributed by atoms with van der Waals surface area (Å²) in [7, 11) is 0. The molecule has 0 saturated carbocycles. The van der Waals surface area contributed by atoms with Crippen molar-refractivity contribution in [2.24, 2.45) is 0 Å². The molecule has 2 heteroatoms. The molecule has 0 spiro atoms. The van der Waals surface area contributed by atoms with Crippen LogP contribution >= 0.6 is 15.9 Å². The Hall–Kier alpha value is -1.02. The topological polar surface area (TPSA) is 13.1 Å². The molecule has 0 fully saturated rings. The lowest BCUT2D eigenvalue weighted by atomic mass is 9.95. The first kappa shape index (κ1) is 14.4. The number of benzene rings is 1. The van der Waals surface area contributed by atoms with Crippen molar-refractivity contribution in [1.82, 2.24) is 0 Å². The molecular weight excluding hydrogens is 300 g/mol. The maximum atomic E-state index is 5.56. The minimum atomic E-state index is 0.225. The lowest BCUT2D eigenvalue weighted by molar-refractivity contribution is 0.512. The van der Waals surface area contributed by atoms with E-state index in [4.69, 9.17) is 4.42 Å². The van der Waals surface area contributed by atoms with Gasteiger partial charge in [-0.3, -0.25) is 0 Å². The summed E-state index contributed by atoms with van der Waals surface area (Å²) in [4.78, 5) is 0.225. The molecule has 1 aromatic heterocycles. The average Bonchev–Trinajstić information content (AvgIpc) is 2.94. The van der Waals surface area contributed by atoms with Gasteiger partial charge in [-0.25, -0.2) is 0 Å². The summed E-state index contributed by atoms with van der Waals surface area (Å²) in [5.74, 6) is 1.07. The van der Waals surface area contributed by atoms with Crippen LogP contribution in [0.2, 0.25) is 0 Å². The summed E-state index contributed by atoms with van der Waals surface area (Å²) >= 11 is 3.86. The fourth-order valence-electron chi connectivity index (χ4n) is 2.45. The third kappa shape index (κ3) is 2.94. The van der Waals surface area contributed by atoms with Gasteiger partial charge in [-0.05, 0) is 35.6 Å². The minimum absolute atomic E-state index is 0.225. The highest BCUT2D eigenvalue weighted by atomic mass is 79.9. The van der Waals surface area contributed by atoms with Crippen LogP contribution in [-0.4, -0.2) is 0 Å². The second-order valence-electron chi connectivity index (χ2n) is 4.76. The van der Waals surface area contributed by atoms with Crippen LogP contribution in [0.5, 0.6) is 0 Å². The molecule has 2 aromatic rings. The molecule has 1 unspecified atom stereocenters. The summed E-state index contributed by atoms with van der Waals surface area (Å²) in [6, 6.07) is 8.90. The van der Waals surface area contributed by atoms with Crippen LogP contribution in [0.25, 0.3) is 0 Å². The summed E-state index contributed by atoms with van der Waals surface area (Å²) in [5, 5.41) is 0. The van der Waals surface area contributed by atoms with Crippen LogP contribution in [0, 0.1) is 0 Å². The van der Waals surface area contributed by atoms with E-state index in [9.17, 15) is 0 Å². The fourth-order valence-corrected chi connectivity index (χ4v) is 3.29. The Morgan fingerprint density at radius 1 is 1.00 bits per heavy atom. The zero-order chi connectivity index (χ0) is 13.8. The van der Waals surface area contributed by atoms with E-state index in [0.29, 0.717) is 0 Å². The fraction of sp³-hybridized carbons (Fsp3) is 0.412. The molecule has 19 heavy (non-hydrogen) atoms. The number of furan rings is 1. The maximum absolute atomic E-state index is 5.56. The first-order valence-corrected chi connectivity index (χ1v) is 7.94. The highest BCUT2D eigenvalue weighted by molar-refractivity contribution is 9.09.